The molecule has 0 bridgehead atoms. The molecule has 0 saturated carbocycles. The minimum atomic E-state index is -0.739. The fourth-order valence-corrected chi connectivity index (χ4v) is 1.57. The largest absolute Gasteiger partial charge is 0.374 e. The smallest absolute Gasteiger partial charge is 0.228 e. The Balaban J connectivity index is 2.85. The average molecular weight is 185 g/mol. The minimum Gasteiger partial charge on any atom is -0.374 e. The fraction of sp³-hybridized carbons (Fsp3) is 0.778. The first-order valence-electron chi connectivity index (χ1n) is 4.31. The van der Waals surface area contributed by atoms with Crippen molar-refractivity contribution in [2.24, 2.45) is 11.3 Å². The van der Waals surface area contributed by atoms with Gasteiger partial charge in [0, 0.05) is 18.9 Å². The standard InChI is InChI=1S/C9H15NO3/c1-9(2,5-11)6-4-7(12)10(3)8(6)13/h5-7,12H,4H2,1-3H3/t6-,7?/m0/s1. The highest BCUT2D eigenvalue weighted by molar-refractivity contribution is 5.85. The predicted octanol–water partition coefficient (Wildman–Crippen LogP) is 0.00820. The molecule has 1 heterocycles. The quantitative estimate of drug-likeness (QED) is 0.616. The van der Waals surface area contributed by atoms with Crippen molar-refractivity contribution in [2.45, 2.75) is 26.5 Å². The zero-order valence-electron chi connectivity index (χ0n) is 8.15. The number of likely N-dealkylation sites (tertiary alicyclic amines) is 1. The summed E-state index contributed by atoms with van der Waals surface area (Å²) in [6.07, 6.45) is 0.388. The second-order valence-corrected chi connectivity index (χ2v) is 4.16. The van der Waals surface area contributed by atoms with E-state index in [1.807, 2.05) is 0 Å². The number of hydrogen-bond donors (Lipinski definition) is 1. The minimum absolute atomic E-state index is 0.149. The first kappa shape index (κ1) is 10.2. The van der Waals surface area contributed by atoms with Gasteiger partial charge in [-0.1, -0.05) is 13.8 Å². The molecule has 1 rings (SSSR count). The van der Waals surface area contributed by atoms with E-state index < -0.39 is 11.6 Å². The van der Waals surface area contributed by atoms with Crippen LogP contribution in [-0.2, 0) is 9.59 Å². The van der Waals surface area contributed by atoms with Crippen LogP contribution in [-0.4, -0.2) is 35.5 Å². The van der Waals surface area contributed by atoms with Gasteiger partial charge in [0.05, 0.1) is 5.92 Å². The molecular formula is C9H15NO3. The Kier molecular flexibility index (Phi) is 2.43. The molecule has 0 aromatic heterocycles. The molecule has 0 aliphatic carbocycles. The Bertz CT molecular complexity index is 237. The van der Waals surface area contributed by atoms with E-state index in [1.165, 1.54) is 4.90 Å². The summed E-state index contributed by atoms with van der Waals surface area (Å²) in [5.41, 5.74) is -0.678. The molecular weight excluding hydrogens is 170 g/mol. The van der Waals surface area contributed by atoms with Crippen LogP contribution in [0, 0.1) is 11.3 Å². The van der Waals surface area contributed by atoms with Crippen LogP contribution in [0.4, 0.5) is 0 Å². The average Bonchev–Trinajstić information content (AvgIpc) is 2.33. The van der Waals surface area contributed by atoms with Gasteiger partial charge in [-0.2, -0.15) is 0 Å². The van der Waals surface area contributed by atoms with Crippen LogP contribution < -0.4 is 0 Å². The van der Waals surface area contributed by atoms with E-state index in [0.717, 1.165) is 6.29 Å². The summed E-state index contributed by atoms with van der Waals surface area (Å²) in [6, 6.07) is 0. The van der Waals surface area contributed by atoms with Crippen molar-refractivity contribution < 1.29 is 14.7 Å². The maximum atomic E-state index is 11.5. The van der Waals surface area contributed by atoms with Gasteiger partial charge in [-0.25, -0.2) is 0 Å². The van der Waals surface area contributed by atoms with Crippen molar-refractivity contribution in [3.8, 4) is 0 Å². The number of aliphatic hydroxyl groups is 1. The van der Waals surface area contributed by atoms with Crippen molar-refractivity contribution in [1.82, 2.24) is 4.90 Å². The molecule has 0 aromatic carbocycles. The van der Waals surface area contributed by atoms with Gasteiger partial charge in [-0.05, 0) is 0 Å². The van der Waals surface area contributed by atoms with Gasteiger partial charge in [-0.3, -0.25) is 4.79 Å². The van der Waals surface area contributed by atoms with Gasteiger partial charge in [-0.15, -0.1) is 0 Å². The van der Waals surface area contributed by atoms with Crippen molar-refractivity contribution in [2.75, 3.05) is 7.05 Å². The van der Waals surface area contributed by atoms with Gasteiger partial charge in [0.2, 0.25) is 5.91 Å². The highest BCUT2D eigenvalue weighted by Gasteiger charge is 2.44. The number of nitrogens with zero attached hydrogens (tertiary/aromatic N) is 1. The summed E-state index contributed by atoms with van der Waals surface area (Å²) in [7, 11) is 1.55. The molecule has 1 aliphatic heterocycles. The first-order valence-corrected chi connectivity index (χ1v) is 4.31. The Labute approximate surface area is 77.5 Å². The van der Waals surface area contributed by atoms with Crippen molar-refractivity contribution >= 4 is 12.2 Å². The van der Waals surface area contributed by atoms with Crippen molar-refractivity contribution in [3.05, 3.63) is 0 Å². The molecule has 1 aliphatic rings. The van der Waals surface area contributed by atoms with Crippen LogP contribution >= 0.6 is 0 Å². The monoisotopic (exact) mass is 185 g/mol. The third-order valence-corrected chi connectivity index (χ3v) is 2.74. The number of hydrogen-bond acceptors (Lipinski definition) is 3. The number of rotatable bonds is 2. The van der Waals surface area contributed by atoms with E-state index in [4.69, 9.17) is 0 Å². The van der Waals surface area contributed by atoms with E-state index in [-0.39, 0.29) is 11.8 Å². The van der Waals surface area contributed by atoms with Crippen LogP contribution in [0.5, 0.6) is 0 Å². The predicted molar refractivity (Wildman–Crippen MR) is 46.7 cm³/mol. The summed E-state index contributed by atoms with van der Waals surface area (Å²) in [5.74, 6) is -0.533. The summed E-state index contributed by atoms with van der Waals surface area (Å²) in [4.78, 5) is 23.5. The van der Waals surface area contributed by atoms with Crippen molar-refractivity contribution in [1.29, 1.82) is 0 Å². The summed E-state index contributed by atoms with van der Waals surface area (Å²) in [5, 5.41) is 9.39. The lowest BCUT2D eigenvalue weighted by Crippen LogP contribution is -2.34. The molecule has 0 aromatic rings. The molecule has 1 N–H and O–H groups in total. The SMILES string of the molecule is CN1C(=O)[C@@H](C(C)(C)C=O)CC1O. The topological polar surface area (TPSA) is 57.6 Å². The van der Waals surface area contributed by atoms with Gasteiger partial charge in [0.25, 0.3) is 0 Å². The zero-order chi connectivity index (χ0) is 10.2. The Hall–Kier alpha value is -0.900. The Morgan fingerprint density at radius 1 is 1.62 bits per heavy atom. The van der Waals surface area contributed by atoms with E-state index in [0.29, 0.717) is 6.42 Å². The molecule has 0 spiro atoms. The number of amides is 1. The van der Waals surface area contributed by atoms with Gasteiger partial charge >= 0.3 is 0 Å². The van der Waals surface area contributed by atoms with Crippen molar-refractivity contribution in [3.63, 3.8) is 0 Å². The maximum absolute atomic E-state index is 11.5. The molecule has 13 heavy (non-hydrogen) atoms. The molecule has 4 nitrogen and oxygen atoms in total. The van der Waals surface area contributed by atoms with Gasteiger partial charge < -0.3 is 14.8 Å². The summed E-state index contributed by atoms with van der Waals surface area (Å²) in [6.45, 7) is 3.43. The normalized spacial score (nSPS) is 29.5. The molecule has 1 fully saturated rings. The highest BCUT2D eigenvalue weighted by Crippen LogP contribution is 2.35. The zero-order valence-corrected chi connectivity index (χ0v) is 8.15. The second kappa shape index (κ2) is 3.10. The molecule has 4 heteroatoms. The molecule has 1 saturated heterocycles. The Morgan fingerprint density at radius 3 is 2.46 bits per heavy atom. The molecule has 0 radical (unpaired) electrons. The second-order valence-electron chi connectivity index (χ2n) is 4.16. The van der Waals surface area contributed by atoms with E-state index in [9.17, 15) is 14.7 Å². The molecule has 2 atom stereocenters. The Morgan fingerprint density at radius 2 is 2.15 bits per heavy atom. The van der Waals surface area contributed by atoms with Gasteiger partial charge in [0.15, 0.2) is 0 Å². The van der Waals surface area contributed by atoms with Crippen LogP contribution in [0.25, 0.3) is 0 Å². The van der Waals surface area contributed by atoms with Gasteiger partial charge in [0.1, 0.15) is 12.5 Å². The number of carbonyl (C=O) groups excluding carboxylic acids is 2. The fourth-order valence-electron chi connectivity index (χ4n) is 1.57. The third kappa shape index (κ3) is 1.58. The number of carbonyl (C=O) groups is 2. The number of aliphatic hydroxyl groups excluding tert-OH is 1. The molecule has 1 unspecified atom stereocenters. The van der Waals surface area contributed by atoms with E-state index in [2.05, 4.69) is 0 Å². The van der Waals surface area contributed by atoms with E-state index >= 15 is 0 Å². The lowest BCUT2D eigenvalue weighted by molar-refractivity contribution is -0.138. The lowest BCUT2D eigenvalue weighted by atomic mass is 9.79. The van der Waals surface area contributed by atoms with Crippen LogP contribution in [0.2, 0.25) is 0 Å². The van der Waals surface area contributed by atoms with Crippen LogP contribution in [0.3, 0.4) is 0 Å². The first-order chi connectivity index (χ1) is 5.90. The maximum Gasteiger partial charge on any atom is 0.228 e. The van der Waals surface area contributed by atoms with E-state index in [1.54, 1.807) is 20.9 Å². The summed E-state index contributed by atoms with van der Waals surface area (Å²) >= 11 is 0. The highest BCUT2D eigenvalue weighted by atomic mass is 16.3. The van der Waals surface area contributed by atoms with Crippen LogP contribution in [0.15, 0.2) is 0 Å². The number of aldehydes is 1. The summed E-state index contributed by atoms with van der Waals surface area (Å²) < 4.78 is 0. The molecule has 74 valence electrons. The lowest BCUT2D eigenvalue weighted by Gasteiger charge is -2.22. The van der Waals surface area contributed by atoms with Crippen LogP contribution in [0.1, 0.15) is 20.3 Å². The molecule has 1 amide bonds. The third-order valence-electron chi connectivity index (χ3n) is 2.74.